The highest BCUT2D eigenvalue weighted by Crippen LogP contribution is 2.32. The van der Waals surface area contributed by atoms with Gasteiger partial charge < -0.3 is 10.4 Å². The van der Waals surface area contributed by atoms with Crippen molar-refractivity contribution in [3.63, 3.8) is 0 Å². The highest BCUT2D eigenvalue weighted by atomic mass is 16.3. The van der Waals surface area contributed by atoms with Gasteiger partial charge in [0.2, 0.25) is 0 Å². The molecule has 0 aliphatic heterocycles. The minimum Gasteiger partial charge on any atom is -0.507 e. The standard InChI is InChI=1S/C13H15N3O/c1-8-12(14-3)9(2)15-16-13(8)10-6-4-5-7-11(10)17/h4-7,17H,1-3H3,(H,14,16). The van der Waals surface area contributed by atoms with Crippen LogP contribution in [-0.4, -0.2) is 22.4 Å². The number of aromatic nitrogens is 2. The van der Waals surface area contributed by atoms with Gasteiger partial charge in [0.05, 0.1) is 11.4 Å². The molecular weight excluding hydrogens is 214 g/mol. The van der Waals surface area contributed by atoms with Gasteiger partial charge in [-0.05, 0) is 26.0 Å². The summed E-state index contributed by atoms with van der Waals surface area (Å²) in [5.74, 6) is 0.218. The second-order valence-electron chi connectivity index (χ2n) is 3.90. The number of rotatable bonds is 2. The summed E-state index contributed by atoms with van der Waals surface area (Å²) >= 11 is 0. The van der Waals surface area contributed by atoms with Crippen molar-refractivity contribution in [3.05, 3.63) is 35.5 Å². The lowest BCUT2D eigenvalue weighted by atomic mass is 10.0. The molecule has 2 N–H and O–H groups in total. The van der Waals surface area contributed by atoms with Crippen molar-refractivity contribution in [1.82, 2.24) is 10.2 Å². The van der Waals surface area contributed by atoms with Crippen LogP contribution >= 0.6 is 0 Å². The summed E-state index contributed by atoms with van der Waals surface area (Å²) in [6.45, 7) is 3.87. The smallest absolute Gasteiger partial charge is 0.125 e. The van der Waals surface area contributed by atoms with Gasteiger partial charge in [-0.15, -0.1) is 5.10 Å². The van der Waals surface area contributed by atoms with Crippen molar-refractivity contribution in [3.8, 4) is 17.0 Å². The summed E-state index contributed by atoms with van der Waals surface area (Å²) < 4.78 is 0. The molecule has 88 valence electrons. The van der Waals surface area contributed by atoms with E-state index in [4.69, 9.17) is 0 Å². The largest absolute Gasteiger partial charge is 0.507 e. The lowest BCUT2D eigenvalue weighted by molar-refractivity contribution is 0.477. The van der Waals surface area contributed by atoms with E-state index in [0.717, 1.165) is 16.9 Å². The Balaban J connectivity index is 2.65. The van der Waals surface area contributed by atoms with Gasteiger partial charge in [0, 0.05) is 18.2 Å². The Morgan fingerprint density at radius 3 is 2.47 bits per heavy atom. The third-order valence-corrected chi connectivity index (χ3v) is 2.80. The number of para-hydroxylation sites is 1. The summed E-state index contributed by atoms with van der Waals surface area (Å²) in [6.07, 6.45) is 0. The maximum absolute atomic E-state index is 9.83. The molecule has 0 aliphatic carbocycles. The first-order valence-corrected chi connectivity index (χ1v) is 5.45. The zero-order chi connectivity index (χ0) is 12.4. The Hall–Kier alpha value is -2.10. The fourth-order valence-corrected chi connectivity index (χ4v) is 1.94. The molecule has 4 nitrogen and oxygen atoms in total. The minimum absolute atomic E-state index is 0.218. The van der Waals surface area contributed by atoms with Crippen LogP contribution < -0.4 is 5.32 Å². The van der Waals surface area contributed by atoms with E-state index in [9.17, 15) is 5.11 Å². The van der Waals surface area contributed by atoms with E-state index in [0.29, 0.717) is 11.3 Å². The molecule has 0 aliphatic rings. The first kappa shape index (κ1) is 11.4. The van der Waals surface area contributed by atoms with Crippen molar-refractivity contribution >= 4 is 5.69 Å². The van der Waals surface area contributed by atoms with E-state index in [1.807, 2.05) is 33.0 Å². The van der Waals surface area contributed by atoms with Crippen LogP contribution in [0.1, 0.15) is 11.3 Å². The number of hydrogen-bond donors (Lipinski definition) is 2. The quantitative estimate of drug-likeness (QED) is 0.830. The maximum Gasteiger partial charge on any atom is 0.125 e. The van der Waals surface area contributed by atoms with Gasteiger partial charge in [0.1, 0.15) is 11.4 Å². The molecule has 0 atom stereocenters. The predicted octanol–water partition coefficient (Wildman–Crippen LogP) is 2.51. The molecule has 0 spiro atoms. The SMILES string of the molecule is CNc1c(C)nnc(-c2ccccc2O)c1C. The molecule has 0 saturated carbocycles. The Bertz CT molecular complexity index is 552. The van der Waals surface area contributed by atoms with Gasteiger partial charge in [-0.1, -0.05) is 12.1 Å². The van der Waals surface area contributed by atoms with Gasteiger partial charge in [-0.3, -0.25) is 0 Å². The predicted molar refractivity (Wildman–Crippen MR) is 68.2 cm³/mol. The van der Waals surface area contributed by atoms with Crippen LogP contribution in [0.4, 0.5) is 5.69 Å². The number of nitrogens with one attached hydrogen (secondary N) is 1. The van der Waals surface area contributed by atoms with Crippen LogP contribution in [0.3, 0.4) is 0 Å². The van der Waals surface area contributed by atoms with Gasteiger partial charge >= 0.3 is 0 Å². The molecular formula is C13H15N3O. The van der Waals surface area contributed by atoms with Crippen molar-refractivity contribution in [2.24, 2.45) is 0 Å². The summed E-state index contributed by atoms with van der Waals surface area (Å²) in [4.78, 5) is 0. The number of nitrogens with zero attached hydrogens (tertiary/aromatic N) is 2. The van der Waals surface area contributed by atoms with Crippen LogP contribution in [0, 0.1) is 13.8 Å². The van der Waals surface area contributed by atoms with Gasteiger partial charge in [0.25, 0.3) is 0 Å². The van der Waals surface area contributed by atoms with Gasteiger partial charge in [0.15, 0.2) is 0 Å². The Kier molecular flexibility index (Phi) is 2.95. The van der Waals surface area contributed by atoms with Crippen molar-refractivity contribution in [2.45, 2.75) is 13.8 Å². The van der Waals surface area contributed by atoms with Gasteiger partial charge in [-0.25, -0.2) is 0 Å². The van der Waals surface area contributed by atoms with Gasteiger partial charge in [-0.2, -0.15) is 5.10 Å². The van der Waals surface area contributed by atoms with E-state index in [-0.39, 0.29) is 5.75 Å². The molecule has 4 heteroatoms. The normalized spacial score (nSPS) is 10.3. The molecule has 0 radical (unpaired) electrons. The van der Waals surface area contributed by atoms with Crippen LogP contribution in [0.25, 0.3) is 11.3 Å². The maximum atomic E-state index is 9.83. The molecule has 0 amide bonds. The Labute approximate surface area is 100 Å². The fraction of sp³-hybridized carbons (Fsp3) is 0.231. The number of aromatic hydroxyl groups is 1. The number of phenols is 1. The van der Waals surface area contributed by atoms with Crippen LogP contribution in [0.15, 0.2) is 24.3 Å². The van der Waals surface area contributed by atoms with Crippen molar-refractivity contribution in [2.75, 3.05) is 12.4 Å². The zero-order valence-corrected chi connectivity index (χ0v) is 10.2. The van der Waals surface area contributed by atoms with Crippen LogP contribution in [0.5, 0.6) is 5.75 Å². The van der Waals surface area contributed by atoms with E-state index in [1.54, 1.807) is 12.1 Å². The molecule has 1 aromatic heterocycles. The molecule has 17 heavy (non-hydrogen) atoms. The fourth-order valence-electron chi connectivity index (χ4n) is 1.94. The Morgan fingerprint density at radius 2 is 1.82 bits per heavy atom. The van der Waals surface area contributed by atoms with E-state index < -0.39 is 0 Å². The zero-order valence-electron chi connectivity index (χ0n) is 10.2. The lowest BCUT2D eigenvalue weighted by Crippen LogP contribution is -2.02. The Morgan fingerprint density at radius 1 is 1.12 bits per heavy atom. The number of anilines is 1. The lowest BCUT2D eigenvalue weighted by Gasteiger charge is -2.12. The number of hydrogen-bond acceptors (Lipinski definition) is 4. The highest BCUT2D eigenvalue weighted by Gasteiger charge is 2.13. The number of phenolic OH excluding ortho intramolecular Hbond substituents is 1. The second kappa shape index (κ2) is 4.41. The van der Waals surface area contributed by atoms with E-state index >= 15 is 0 Å². The van der Waals surface area contributed by atoms with E-state index in [1.165, 1.54) is 0 Å². The van der Waals surface area contributed by atoms with Crippen LogP contribution in [-0.2, 0) is 0 Å². The van der Waals surface area contributed by atoms with Crippen LogP contribution in [0.2, 0.25) is 0 Å². The average molecular weight is 229 g/mol. The molecule has 0 unspecified atom stereocenters. The molecule has 0 saturated heterocycles. The van der Waals surface area contributed by atoms with Crippen molar-refractivity contribution in [1.29, 1.82) is 0 Å². The molecule has 0 fully saturated rings. The molecule has 1 heterocycles. The molecule has 1 aromatic carbocycles. The highest BCUT2D eigenvalue weighted by molar-refractivity contribution is 5.74. The first-order chi connectivity index (χ1) is 8.15. The third-order valence-electron chi connectivity index (χ3n) is 2.80. The number of aryl methyl sites for hydroxylation is 1. The average Bonchev–Trinajstić information content (AvgIpc) is 2.31. The monoisotopic (exact) mass is 229 g/mol. The molecule has 0 bridgehead atoms. The minimum atomic E-state index is 0.218. The number of benzene rings is 1. The summed E-state index contributed by atoms with van der Waals surface area (Å²) in [7, 11) is 1.85. The second-order valence-corrected chi connectivity index (χ2v) is 3.90. The summed E-state index contributed by atoms with van der Waals surface area (Å²) in [5, 5.41) is 21.2. The molecule has 2 rings (SSSR count). The van der Waals surface area contributed by atoms with Crippen molar-refractivity contribution < 1.29 is 5.11 Å². The summed E-state index contributed by atoms with van der Waals surface area (Å²) in [5.41, 5.74) is 4.20. The summed E-state index contributed by atoms with van der Waals surface area (Å²) in [6, 6.07) is 7.14. The van der Waals surface area contributed by atoms with E-state index in [2.05, 4.69) is 15.5 Å². The first-order valence-electron chi connectivity index (χ1n) is 5.45. The third kappa shape index (κ3) is 1.93. The topological polar surface area (TPSA) is 58.0 Å². The molecule has 2 aromatic rings.